The largest absolute Gasteiger partial charge is 0.493 e. The number of alkyl halides is 3. The molecule has 8 aromatic carbocycles. The van der Waals surface area contributed by atoms with Crippen molar-refractivity contribution >= 4 is 63.6 Å². The van der Waals surface area contributed by atoms with E-state index in [0.29, 0.717) is 98.7 Å². The standard InChI is InChI=1S/C28H31FN2O5S.C28H29FN2O4S.C22H25F3N2O5S.H2O/c1-6-36-27-16-20(12-14-26(27)35-4)25(17-37(5,33)34)31-23-13-11-19(21-9-7-8-10-22(21)29)15-24(23)30(18(2)3)28(31)32;1-4-35-27-16-19(10-14-26(27)34-2)25(17-36(3)33)31-23-13-9-18(21-7-5-6-8-22(21)29)15-24(23)30(28(31)32)20-11-12-20;1-5-26-17-12-15(22(23,24)25)8-9-16(17)27(21(26)28)18(13-33(4,29)30)14-7-10-19(31-3)20(11-14)32-6-2;/h7-16,18,25H,6,17H2,1-5H3;5-10,13-16,20,25H,4,11-12,17H2,1-3H3;7-12,18H,5-6,13H2,1-4H3;1H2/t25-;25-,36?;18-;/m000./s1. The van der Waals surface area contributed by atoms with Crippen molar-refractivity contribution in [3.05, 3.63) is 223 Å². The summed E-state index contributed by atoms with van der Waals surface area (Å²) in [6.45, 7) is 12.2. The number of hydrogen-bond donors (Lipinski definition) is 0. The van der Waals surface area contributed by atoms with Crippen molar-refractivity contribution in [1.82, 2.24) is 27.4 Å². The molecule has 1 unspecified atom stereocenters. The topological polar surface area (TPSA) is 253 Å². The highest BCUT2D eigenvalue weighted by Gasteiger charge is 2.35. The Kier molecular flexibility index (Phi) is 25.7. The molecule has 0 radical (unpaired) electrons. The van der Waals surface area contributed by atoms with Gasteiger partial charge < -0.3 is 33.9 Å². The van der Waals surface area contributed by atoms with Crippen LogP contribution < -0.4 is 45.5 Å². The maximum absolute atomic E-state index is 14.6. The minimum atomic E-state index is -4.58. The van der Waals surface area contributed by atoms with Crippen LogP contribution in [-0.4, -0.2) is 131 Å². The quantitative estimate of drug-likeness (QED) is 0.0457. The molecule has 572 valence electrons. The van der Waals surface area contributed by atoms with Crippen LogP contribution in [0.3, 0.4) is 0 Å². The van der Waals surface area contributed by atoms with Crippen molar-refractivity contribution < 1.29 is 76.9 Å². The van der Waals surface area contributed by atoms with Gasteiger partial charge in [0.1, 0.15) is 31.3 Å². The molecule has 107 heavy (non-hydrogen) atoms. The Bertz CT molecular complexity index is 5510. The molecule has 4 atom stereocenters. The molecule has 1 fully saturated rings. The molecule has 2 N–H and O–H groups in total. The minimum absolute atomic E-state index is 0. The summed E-state index contributed by atoms with van der Waals surface area (Å²) in [7, 11) is -3.71. The first-order chi connectivity index (χ1) is 50.4. The Balaban J connectivity index is 0.000000185. The number of imidazole rings is 3. The van der Waals surface area contributed by atoms with E-state index in [1.54, 1.807) is 127 Å². The first-order valence-electron chi connectivity index (χ1n) is 34.3. The van der Waals surface area contributed by atoms with Gasteiger partial charge in [0.25, 0.3) is 0 Å². The lowest BCUT2D eigenvalue weighted by Gasteiger charge is -2.20. The molecule has 21 nitrogen and oxygen atoms in total. The summed E-state index contributed by atoms with van der Waals surface area (Å²) in [5, 5.41) is 0. The Labute approximate surface area is 618 Å². The molecule has 0 aliphatic heterocycles. The maximum atomic E-state index is 14.6. The average molecular weight is 1540 g/mol. The number of nitrogens with zero attached hydrogens (tertiary/aromatic N) is 6. The number of benzene rings is 8. The van der Waals surface area contributed by atoms with E-state index in [0.717, 1.165) is 54.1 Å². The van der Waals surface area contributed by atoms with Gasteiger partial charge in [0.05, 0.1) is 109 Å². The van der Waals surface area contributed by atoms with Gasteiger partial charge in [0.15, 0.2) is 34.5 Å². The van der Waals surface area contributed by atoms with Gasteiger partial charge in [-0.15, -0.1) is 0 Å². The van der Waals surface area contributed by atoms with E-state index >= 15 is 0 Å². The number of sulfone groups is 2. The number of aryl methyl sites for hydroxylation is 1. The molecule has 0 saturated heterocycles. The van der Waals surface area contributed by atoms with E-state index in [-0.39, 0.29) is 69.7 Å². The molecule has 0 spiro atoms. The van der Waals surface area contributed by atoms with E-state index in [1.165, 1.54) is 46.1 Å². The first-order valence-corrected chi connectivity index (χ1v) is 40.2. The predicted molar refractivity (Wildman–Crippen MR) is 408 cm³/mol. The SMILES string of the molecule is CCOc1cc([C@H](CS(C)(=O)=O)n2c(=O)n(C(C)C)c3cc(-c4ccccc4F)ccc32)ccc1OC.CCOc1cc([C@H](CS(C)(=O)=O)n2c(=O)n(CC)c3cc(C(F)(F)F)ccc32)ccc1OC.CCOc1cc([C@H](CS(C)=O)n2c(=O)n(C3CC3)c3cc(-c4ccccc4F)ccc32)ccc1OC.O. The molecule has 0 bridgehead atoms. The van der Waals surface area contributed by atoms with Crippen molar-refractivity contribution in [3.8, 4) is 56.8 Å². The Morgan fingerprint density at radius 2 is 0.888 bits per heavy atom. The molecule has 29 heteroatoms. The normalized spacial score (nSPS) is 13.6. The zero-order valence-corrected chi connectivity index (χ0v) is 63.7. The van der Waals surface area contributed by atoms with Gasteiger partial charge >= 0.3 is 23.2 Å². The van der Waals surface area contributed by atoms with Crippen LogP contribution in [0.15, 0.2) is 172 Å². The Morgan fingerprint density at radius 1 is 0.486 bits per heavy atom. The Hall–Kier alpha value is -9.97. The highest BCUT2D eigenvalue weighted by atomic mass is 32.2. The summed E-state index contributed by atoms with van der Waals surface area (Å²) in [5.41, 5.74) is 5.03. The number of ether oxygens (including phenoxy) is 6. The summed E-state index contributed by atoms with van der Waals surface area (Å²) in [6.07, 6.45) is 1.09. The van der Waals surface area contributed by atoms with Crippen molar-refractivity contribution in [2.75, 3.05) is 77.2 Å². The lowest BCUT2D eigenvalue weighted by Crippen LogP contribution is -2.32. The lowest BCUT2D eigenvalue weighted by atomic mass is 10.0. The molecule has 12 rings (SSSR count). The molecule has 3 aromatic heterocycles. The number of aromatic nitrogens is 6. The fourth-order valence-corrected chi connectivity index (χ4v) is 15.9. The average Bonchev–Trinajstić information content (AvgIpc) is 1.59. The minimum Gasteiger partial charge on any atom is -0.493 e. The lowest BCUT2D eigenvalue weighted by molar-refractivity contribution is -0.137. The summed E-state index contributed by atoms with van der Waals surface area (Å²) < 4.78 is 174. The smallest absolute Gasteiger partial charge is 0.416 e. The molecule has 3 heterocycles. The van der Waals surface area contributed by atoms with Crippen LogP contribution in [-0.2, 0) is 43.2 Å². The number of methoxy groups -OCH3 is 3. The Morgan fingerprint density at radius 3 is 1.28 bits per heavy atom. The van der Waals surface area contributed by atoms with Crippen molar-refractivity contribution in [1.29, 1.82) is 0 Å². The number of fused-ring (bicyclic) bond motifs is 3. The summed E-state index contributed by atoms with van der Waals surface area (Å²) in [6, 6.07) is 40.1. The second kappa shape index (κ2) is 33.9. The third-order valence-electron chi connectivity index (χ3n) is 18.1. The van der Waals surface area contributed by atoms with Crippen LogP contribution in [0.2, 0.25) is 0 Å². The fraction of sp³-hybridized carbons (Fsp3) is 0.346. The van der Waals surface area contributed by atoms with E-state index in [9.17, 15) is 57.4 Å². The van der Waals surface area contributed by atoms with Gasteiger partial charge in [-0.05, 0) is 173 Å². The molecule has 0 amide bonds. The van der Waals surface area contributed by atoms with Crippen molar-refractivity contribution in [3.63, 3.8) is 0 Å². The van der Waals surface area contributed by atoms with E-state index in [1.807, 2.05) is 68.7 Å². The van der Waals surface area contributed by atoms with E-state index in [2.05, 4.69) is 0 Å². The van der Waals surface area contributed by atoms with Crippen LogP contribution in [0.5, 0.6) is 34.5 Å². The highest BCUT2D eigenvalue weighted by Crippen LogP contribution is 2.42. The van der Waals surface area contributed by atoms with Gasteiger partial charge in [-0.1, -0.05) is 66.7 Å². The first kappa shape index (κ1) is 81.1. The van der Waals surface area contributed by atoms with E-state index in [4.69, 9.17) is 28.4 Å². The van der Waals surface area contributed by atoms with Gasteiger partial charge in [0, 0.05) is 65.1 Å². The zero-order chi connectivity index (χ0) is 76.9. The fourth-order valence-electron chi connectivity index (χ4n) is 13.3. The van der Waals surface area contributed by atoms with Gasteiger partial charge in [-0.3, -0.25) is 31.6 Å². The monoisotopic (exact) mass is 1540 g/mol. The van der Waals surface area contributed by atoms with Crippen LogP contribution in [0.4, 0.5) is 22.0 Å². The number of rotatable bonds is 26. The molecule has 1 saturated carbocycles. The van der Waals surface area contributed by atoms with Crippen molar-refractivity contribution in [2.24, 2.45) is 0 Å². The van der Waals surface area contributed by atoms with Gasteiger partial charge in [-0.2, -0.15) is 13.2 Å². The van der Waals surface area contributed by atoms with E-state index < -0.39 is 71.8 Å². The molecule has 11 aromatic rings. The predicted octanol–water partition coefficient (Wildman–Crippen LogP) is 13.6. The van der Waals surface area contributed by atoms with Crippen LogP contribution in [0.25, 0.3) is 55.4 Å². The number of hydrogen-bond acceptors (Lipinski definition) is 14. The highest BCUT2D eigenvalue weighted by molar-refractivity contribution is 7.91. The second-order valence-electron chi connectivity index (χ2n) is 25.8. The summed E-state index contributed by atoms with van der Waals surface area (Å²) in [4.78, 5) is 41.1. The number of halogens is 5. The van der Waals surface area contributed by atoms with Crippen LogP contribution in [0, 0.1) is 11.6 Å². The molecular formula is C78H87F5N6O15S3. The van der Waals surface area contributed by atoms with Crippen LogP contribution in [0.1, 0.15) is 107 Å². The van der Waals surface area contributed by atoms with Gasteiger partial charge in [0.2, 0.25) is 0 Å². The summed E-state index contributed by atoms with van der Waals surface area (Å²) >= 11 is 0. The van der Waals surface area contributed by atoms with Crippen LogP contribution >= 0.6 is 0 Å². The van der Waals surface area contributed by atoms with Gasteiger partial charge in [-0.25, -0.2) is 40.0 Å². The third-order valence-corrected chi connectivity index (χ3v) is 20.7. The second-order valence-corrected chi connectivity index (χ2v) is 31.7. The molecule has 1 aliphatic rings. The zero-order valence-electron chi connectivity index (χ0n) is 61.3. The van der Waals surface area contributed by atoms with Crippen molar-refractivity contribution in [2.45, 2.75) is 97.3 Å². The molecular weight excluding hydrogens is 1450 g/mol. The maximum Gasteiger partial charge on any atom is 0.416 e. The molecule has 1 aliphatic carbocycles. The third kappa shape index (κ3) is 17.9. The summed E-state index contributed by atoms with van der Waals surface area (Å²) in [5.74, 6) is 1.79.